The van der Waals surface area contributed by atoms with Crippen molar-refractivity contribution in [3.63, 3.8) is 0 Å². The summed E-state index contributed by atoms with van der Waals surface area (Å²) in [4.78, 5) is 10.1. The van der Waals surface area contributed by atoms with E-state index in [1.807, 2.05) is 12.1 Å². The zero-order chi connectivity index (χ0) is 12.0. The van der Waals surface area contributed by atoms with Crippen LogP contribution in [0, 0.1) is 16.0 Å². The van der Waals surface area contributed by atoms with E-state index in [-0.39, 0.29) is 10.6 Å². The minimum Gasteiger partial charge on any atom is -0.258 e. The highest BCUT2D eigenvalue weighted by molar-refractivity contribution is 5.32. The SMILES string of the molecule is CCCC(C)CCc1ccc([N+](=O)[O-])cc1. The number of non-ortho nitro benzene ring substituents is 1. The predicted molar refractivity (Wildman–Crippen MR) is 65.5 cm³/mol. The number of nitro benzene ring substituents is 1. The predicted octanol–water partition coefficient (Wildman–Crippen LogP) is 3.96. The van der Waals surface area contributed by atoms with Gasteiger partial charge in [0, 0.05) is 12.1 Å². The van der Waals surface area contributed by atoms with E-state index in [9.17, 15) is 10.1 Å². The first-order valence-corrected chi connectivity index (χ1v) is 5.86. The van der Waals surface area contributed by atoms with Crippen molar-refractivity contribution in [2.75, 3.05) is 0 Å². The molecule has 0 aliphatic heterocycles. The molecule has 0 aliphatic carbocycles. The molecular weight excluding hydrogens is 202 g/mol. The van der Waals surface area contributed by atoms with Gasteiger partial charge in [0.05, 0.1) is 4.92 Å². The fraction of sp³-hybridized carbons (Fsp3) is 0.538. The lowest BCUT2D eigenvalue weighted by Gasteiger charge is -2.09. The molecule has 3 nitrogen and oxygen atoms in total. The molecule has 0 radical (unpaired) electrons. The first-order chi connectivity index (χ1) is 7.63. The van der Waals surface area contributed by atoms with Crippen molar-refractivity contribution in [2.45, 2.75) is 39.5 Å². The topological polar surface area (TPSA) is 43.1 Å². The Balaban J connectivity index is 2.46. The average Bonchev–Trinajstić information content (AvgIpc) is 2.27. The van der Waals surface area contributed by atoms with E-state index < -0.39 is 0 Å². The van der Waals surface area contributed by atoms with Crippen LogP contribution < -0.4 is 0 Å². The van der Waals surface area contributed by atoms with Crippen LogP contribution in [0.5, 0.6) is 0 Å². The maximum absolute atomic E-state index is 10.5. The second kappa shape index (κ2) is 6.26. The van der Waals surface area contributed by atoms with Crippen LogP contribution in [0.15, 0.2) is 24.3 Å². The molecule has 16 heavy (non-hydrogen) atoms. The number of nitro groups is 1. The highest BCUT2D eigenvalue weighted by Gasteiger charge is 2.05. The highest BCUT2D eigenvalue weighted by Crippen LogP contribution is 2.17. The summed E-state index contributed by atoms with van der Waals surface area (Å²) in [5.41, 5.74) is 1.36. The lowest BCUT2D eigenvalue weighted by molar-refractivity contribution is -0.384. The van der Waals surface area contributed by atoms with Gasteiger partial charge >= 0.3 is 0 Å². The quantitative estimate of drug-likeness (QED) is 0.539. The van der Waals surface area contributed by atoms with Crippen molar-refractivity contribution >= 4 is 5.69 Å². The Bertz CT molecular complexity index is 332. The molecule has 0 bridgehead atoms. The highest BCUT2D eigenvalue weighted by atomic mass is 16.6. The first kappa shape index (κ1) is 12.7. The molecule has 1 atom stereocenters. The van der Waals surface area contributed by atoms with Gasteiger partial charge in [0.25, 0.3) is 5.69 Å². The molecular formula is C13H19NO2. The zero-order valence-corrected chi connectivity index (χ0v) is 9.98. The molecule has 0 saturated carbocycles. The molecule has 1 rings (SSSR count). The zero-order valence-electron chi connectivity index (χ0n) is 9.98. The molecule has 0 aromatic heterocycles. The molecule has 0 spiro atoms. The molecule has 3 heteroatoms. The van der Waals surface area contributed by atoms with Gasteiger partial charge in [0.15, 0.2) is 0 Å². The summed E-state index contributed by atoms with van der Waals surface area (Å²) in [6.45, 7) is 4.46. The molecule has 88 valence electrons. The monoisotopic (exact) mass is 221 g/mol. The van der Waals surface area contributed by atoms with Crippen LogP contribution in [0.25, 0.3) is 0 Å². The Morgan fingerprint density at radius 1 is 1.25 bits per heavy atom. The van der Waals surface area contributed by atoms with Crippen molar-refractivity contribution < 1.29 is 4.92 Å². The fourth-order valence-electron chi connectivity index (χ4n) is 1.83. The van der Waals surface area contributed by atoms with Crippen molar-refractivity contribution in [1.82, 2.24) is 0 Å². The summed E-state index contributed by atoms with van der Waals surface area (Å²) in [6, 6.07) is 6.88. The van der Waals surface area contributed by atoms with Gasteiger partial charge in [0.1, 0.15) is 0 Å². The standard InChI is InChI=1S/C13H19NO2/c1-3-4-11(2)5-6-12-7-9-13(10-8-12)14(15)16/h7-11H,3-6H2,1-2H3. The van der Waals surface area contributed by atoms with E-state index in [2.05, 4.69) is 13.8 Å². The fourth-order valence-corrected chi connectivity index (χ4v) is 1.83. The third-order valence-corrected chi connectivity index (χ3v) is 2.85. The van der Waals surface area contributed by atoms with E-state index in [1.54, 1.807) is 12.1 Å². The van der Waals surface area contributed by atoms with Crippen LogP contribution in [-0.2, 0) is 6.42 Å². The van der Waals surface area contributed by atoms with E-state index in [1.165, 1.54) is 18.4 Å². The van der Waals surface area contributed by atoms with Crippen molar-refractivity contribution in [3.05, 3.63) is 39.9 Å². The molecule has 0 N–H and O–H groups in total. The van der Waals surface area contributed by atoms with Crippen LogP contribution in [0.4, 0.5) is 5.69 Å². The van der Waals surface area contributed by atoms with Crippen LogP contribution in [0.2, 0.25) is 0 Å². The lowest BCUT2D eigenvalue weighted by Crippen LogP contribution is -1.97. The molecule has 0 aliphatic rings. The molecule has 0 heterocycles. The van der Waals surface area contributed by atoms with Gasteiger partial charge in [-0.1, -0.05) is 38.8 Å². The summed E-state index contributed by atoms with van der Waals surface area (Å²) in [5, 5.41) is 10.5. The van der Waals surface area contributed by atoms with Crippen LogP contribution in [0.3, 0.4) is 0 Å². The minimum absolute atomic E-state index is 0.172. The van der Waals surface area contributed by atoms with Crippen LogP contribution >= 0.6 is 0 Å². The van der Waals surface area contributed by atoms with Gasteiger partial charge in [0.2, 0.25) is 0 Å². The summed E-state index contributed by atoms with van der Waals surface area (Å²) in [5.74, 6) is 0.736. The van der Waals surface area contributed by atoms with Crippen molar-refractivity contribution in [1.29, 1.82) is 0 Å². The molecule has 0 saturated heterocycles. The van der Waals surface area contributed by atoms with Crippen molar-refractivity contribution in [2.24, 2.45) is 5.92 Å². The summed E-state index contributed by atoms with van der Waals surface area (Å²) < 4.78 is 0. The smallest absolute Gasteiger partial charge is 0.258 e. The van der Waals surface area contributed by atoms with E-state index in [0.717, 1.165) is 18.8 Å². The summed E-state index contributed by atoms with van der Waals surface area (Å²) in [6.07, 6.45) is 4.65. The third-order valence-electron chi connectivity index (χ3n) is 2.85. The Morgan fingerprint density at radius 3 is 2.38 bits per heavy atom. The second-order valence-electron chi connectivity index (χ2n) is 4.36. The number of rotatable bonds is 6. The maximum atomic E-state index is 10.5. The molecule has 1 aromatic rings. The average molecular weight is 221 g/mol. The van der Waals surface area contributed by atoms with Gasteiger partial charge in [-0.15, -0.1) is 0 Å². The van der Waals surface area contributed by atoms with E-state index >= 15 is 0 Å². The molecule has 0 amide bonds. The van der Waals surface area contributed by atoms with Gasteiger partial charge < -0.3 is 0 Å². The number of hydrogen-bond acceptors (Lipinski definition) is 2. The summed E-state index contributed by atoms with van der Waals surface area (Å²) in [7, 11) is 0. The number of hydrogen-bond donors (Lipinski definition) is 0. The Hall–Kier alpha value is -1.38. The normalized spacial score (nSPS) is 12.4. The van der Waals surface area contributed by atoms with Gasteiger partial charge in [-0.25, -0.2) is 0 Å². The Kier molecular flexibility index (Phi) is 4.96. The Labute approximate surface area is 96.6 Å². The first-order valence-electron chi connectivity index (χ1n) is 5.86. The summed E-state index contributed by atoms with van der Waals surface area (Å²) >= 11 is 0. The van der Waals surface area contributed by atoms with Gasteiger partial charge in [-0.3, -0.25) is 10.1 Å². The van der Waals surface area contributed by atoms with E-state index in [0.29, 0.717) is 0 Å². The largest absolute Gasteiger partial charge is 0.269 e. The van der Waals surface area contributed by atoms with E-state index in [4.69, 9.17) is 0 Å². The minimum atomic E-state index is -0.358. The van der Waals surface area contributed by atoms with Crippen LogP contribution in [-0.4, -0.2) is 4.92 Å². The Morgan fingerprint density at radius 2 is 1.88 bits per heavy atom. The second-order valence-corrected chi connectivity index (χ2v) is 4.36. The van der Waals surface area contributed by atoms with Gasteiger partial charge in [-0.2, -0.15) is 0 Å². The molecule has 0 fully saturated rings. The maximum Gasteiger partial charge on any atom is 0.269 e. The molecule has 1 unspecified atom stereocenters. The number of aryl methyl sites for hydroxylation is 1. The molecule has 1 aromatic carbocycles. The van der Waals surface area contributed by atoms with Crippen LogP contribution in [0.1, 0.15) is 38.7 Å². The van der Waals surface area contributed by atoms with Crippen molar-refractivity contribution in [3.8, 4) is 0 Å². The lowest BCUT2D eigenvalue weighted by atomic mass is 9.97. The number of benzene rings is 1. The number of nitrogens with zero attached hydrogens (tertiary/aromatic N) is 1. The third kappa shape index (κ3) is 4.01. The van der Waals surface area contributed by atoms with Gasteiger partial charge in [-0.05, 0) is 24.3 Å².